The zero-order chi connectivity index (χ0) is 33.7. The molecule has 0 radical (unpaired) electrons. The van der Waals surface area contributed by atoms with E-state index in [0.717, 1.165) is 51.4 Å². The van der Waals surface area contributed by atoms with E-state index in [0.29, 0.717) is 12.8 Å². The van der Waals surface area contributed by atoms with Gasteiger partial charge in [0.1, 0.15) is 0 Å². The maximum Gasteiger partial charge on any atom is 0.513 e. The van der Waals surface area contributed by atoms with Crippen LogP contribution in [0.3, 0.4) is 0 Å². The lowest BCUT2D eigenvalue weighted by Crippen LogP contribution is -2.35. The molecule has 0 aliphatic heterocycles. The lowest BCUT2D eigenvalue weighted by atomic mass is 9.84. The molecule has 7 heteroatoms. The molecule has 0 amide bonds. The molecule has 2 atom stereocenters. The van der Waals surface area contributed by atoms with E-state index >= 15 is 0 Å². The van der Waals surface area contributed by atoms with Crippen LogP contribution in [0, 0.1) is 10.8 Å². The molecule has 0 N–H and O–H groups in total. The number of carbonyl (C=O) groups is 1. The van der Waals surface area contributed by atoms with Gasteiger partial charge in [0.25, 0.3) is 0 Å². The predicted octanol–water partition coefficient (Wildman–Crippen LogP) is 12.4. The first-order chi connectivity index (χ1) is 20.4. The van der Waals surface area contributed by atoms with Crippen LogP contribution < -0.4 is 0 Å². The summed E-state index contributed by atoms with van der Waals surface area (Å²) in [6.45, 7) is 25.4. The van der Waals surface area contributed by atoms with Crippen LogP contribution >= 0.6 is 0 Å². The quantitative estimate of drug-likeness (QED) is 0.0309. The predicted molar refractivity (Wildman–Crippen MR) is 181 cm³/mol. The van der Waals surface area contributed by atoms with Crippen LogP contribution in [0.2, 0.25) is 0 Å². The SMILES string of the molecule is CCCCCCCCCC(OOC(C)(C)CC(C)(C)C)OC(=O)OC(CCCCCCCCC)OOC(C)(C)CC(C)(C)C. The van der Waals surface area contributed by atoms with E-state index in [1.54, 1.807) is 0 Å². The van der Waals surface area contributed by atoms with E-state index in [-0.39, 0.29) is 10.8 Å². The van der Waals surface area contributed by atoms with Gasteiger partial charge in [0.05, 0.1) is 11.2 Å². The van der Waals surface area contributed by atoms with Crippen molar-refractivity contribution in [1.29, 1.82) is 0 Å². The van der Waals surface area contributed by atoms with E-state index in [1.165, 1.54) is 51.4 Å². The third-order valence-corrected chi connectivity index (χ3v) is 7.22. The summed E-state index contributed by atoms with van der Waals surface area (Å²) in [6.07, 6.45) is 16.2. The van der Waals surface area contributed by atoms with Crippen LogP contribution in [-0.4, -0.2) is 29.9 Å². The van der Waals surface area contributed by atoms with Crippen molar-refractivity contribution in [3.63, 3.8) is 0 Å². The Labute approximate surface area is 273 Å². The average molecular weight is 631 g/mol. The number of hydrogen-bond donors (Lipinski definition) is 0. The summed E-state index contributed by atoms with van der Waals surface area (Å²) in [5.41, 5.74) is -0.970. The summed E-state index contributed by atoms with van der Waals surface area (Å²) in [5.74, 6) is 0. The molecule has 0 aromatic heterocycles. The lowest BCUT2D eigenvalue weighted by Gasteiger charge is -2.32. The minimum absolute atomic E-state index is 0.0575. The van der Waals surface area contributed by atoms with Crippen molar-refractivity contribution < 1.29 is 33.8 Å². The van der Waals surface area contributed by atoms with E-state index in [2.05, 4.69) is 55.4 Å². The molecule has 0 aliphatic carbocycles. The Bertz CT molecular complexity index is 648. The number of ether oxygens (including phenoxy) is 2. The van der Waals surface area contributed by atoms with Gasteiger partial charge < -0.3 is 9.47 Å². The van der Waals surface area contributed by atoms with Gasteiger partial charge in [-0.15, -0.1) is 0 Å². The molecule has 0 heterocycles. The molecule has 7 nitrogen and oxygen atoms in total. The minimum atomic E-state index is -0.866. The molecule has 2 unspecified atom stereocenters. The van der Waals surface area contributed by atoms with Gasteiger partial charge in [-0.25, -0.2) is 14.6 Å². The zero-order valence-electron chi connectivity index (χ0n) is 31.2. The molecule has 0 aliphatic rings. The zero-order valence-corrected chi connectivity index (χ0v) is 31.2. The van der Waals surface area contributed by atoms with Crippen molar-refractivity contribution in [2.45, 2.75) is 222 Å². The fourth-order valence-electron chi connectivity index (χ4n) is 6.01. The van der Waals surface area contributed by atoms with E-state index in [9.17, 15) is 4.79 Å². The van der Waals surface area contributed by atoms with Crippen molar-refractivity contribution in [3.05, 3.63) is 0 Å². The molecule has 0 saturated heterocycles. The summed E-state index contributed by atoms with van der Waals surface area (Å²) < 4.78 is 11.4. The third kappa shape index (κ3) is 27.4. The highest BCUT2D eigenvalue weighted by atomic mass is 17.2. The van der Waals surface area contributed by atoms with Crippen LogP contribution in [0.1, 0.15) is 199 Å². The summed E-state index contributed by atoms with van der Waals surface area (Å²) in [5, 5.41) is 0. The van der Waals surface area contributed by atoms with E-state index in [4.69, 9.17) is 29.0 Å². The standard InChI is InChI=1S/C37H74O7/c1-13-15-17-19-21-23-25-27-31(41-43-36(9,10)29-34(3,4)5)39-33(38)40-32(28-26-24-22-20-18-16-14-2)42-44-37(11,12)30-35(6,7)8/h31-32H,13-30H2,1-12H3. The summed E-state index contributed by atoms with van der Waals surface area (Å²) in [4.78, 5) is 36.3. The van der Waals surface area contributed by atoms with Gasteiger partial charge in [-0.1, -0.05) is 132 Å². The van der Waals surface area contributed by atoms with Crippen molar-refractivity contribution in [2.75, 3.05) is 0 Å². The van der Waals surface area contributed by atoms with Crippen LogP contribution in [0.25, 0.3) is 0 Å². The van der Waals surface area contributed by atoms with Gasteiger partial charge in [-0.3, -0.25) is 0 Å². The van der Waals surface area contributed by atoms with Gasteiger partial charge in [0, 0.05) is 12.8 Å². The second-order valence-corrected chi connectivity index (χ2v) is 16.5. The first kappa shape index (κ1) is 43.1. The fraction of sp³-hybridized carbons (Fsp3) is 0.973. The first-order valence-corrected chi connectivity index (χ1v) is 17.9. The largest absolute Gasteiger partial charge is 0.513 e. The van der Waals surface area contributed by atoms with E-state index in [1.807, 2.05) is 27.7 Å². The molecule has 0 aromatic carbocycles. The van der Waals surface area contributed by atoms with E-state index < -0.39 is 29.9 Å². The van der Waals surface area contributed by atoms with Gasteiger partial charge >= 0.3 is 6.16 Å². The summed E-state index contributed by atoms with van der Waals surface area (Å²) in [7, 11) is 0. The smallest absolute Gasteiger partial charge is 0.401 e. The van der Waals surface area contributed by atoms with Crippen LogP contribution in [0.4, 0.5) is 4.79 Å². The molecular weight excluding hydrogens is 556 g/mol. The highest BCUT2D eigenvalue weighted by Crippen LogP contribution is 2.31. The van der Waals surface area contributed by atoms with Gasteiger partial charge in [-0.05, 0) is 64.2 Å². The molecule has 0 rings (SSSR count). The van der Waals surface area contributed by atoms with Crippen LogP contribution in [0.15, 0.2) is 0 Å². The van der Waals surface area contributed by atoms with Crippen molar-refractivity contribution in [1.82, 2.24) is 0 Å². The fourth-order valence-corrected chi connectivity index (χ4v) is 6.01. The van der Waals surface area contributed by atoms with Gasteiger partial charge in [-0.2, -0.15) is 9.78 Å². The number of unbranched alkanes of at least 4 members (excludes halogenated alkanes) is 12. The molecule has 0 aromatic rings. The highest BCUT2D eigenvalue weighted by molar-refractivity contribution is 5.60. The first-order valence-electron chi connectivity index (χ1n) is 17.9. The Morgan fingerprint density at radius 3 is 1.07 bits per heavy atom. The topological polar surface area (TPSA) is 72.5 Å². The Hall–Kier alpha value is -0.890. The van der Waals surface area contributed by atoms with Gasteiger partial charge in [0.15, 0.2) is 0 Å². The monoisotopic (exact) mass is 631 g/mol. The Balaban J connectivity index is 5.28. The minimum Gasteiger partial charge on any atom is -0.401 e. The maximum absolute atomic E-state index is 13.1. The molecule has 0 bridgehead atoms. The van der Waals surface area contributed by atoms with Crippen LogP contribution in [0.5, 0.6) is 0 Å². The number of rotatable bonds is 26. The van der Waals surface area contributed by atoms with Crippen molar-refractivity contribution in [3.8, 4) is 0 Å². The molecule has 0 fully saturated rings. The molecule has 44 heavy (non-hydrogen) atoms. The summed E-state index contributed by atoms with van der Waals surface area (Å²) in [6, 6.07) is 0. The molecule has 264 valence electrons. The Kier molecular flexibility index (Phi) is 22.1. The second kappa shape index (κ2) is 22.6. The number of carbonyl (C=O) groups excluding carboxylic acids is 1. The third-order valence-electron chi connectivity index (χ3n) is 7.22. The van der Waals surface area contributed by atoms with Gasteiger partial charge in [0.2, 0.25) is 12.6 Å². The normalized spacial score (nSPS) is 14.5. The lowest BCUT2D eigenvalue weighted by molar-refractivity contribution is -0.427. The molecule has 0 spiro atoms. The average Bonchev–Trinajstić information content (AvgIpc) is 2.86. The Morgan fingerprint density at radius 2 is 0.773 bits per heavy atom. The second-order valence-electron chi connectivity index (χ2n) is 16.5. The molecular formula is C37H74O7. The summed E-state index contributed by atoms with van der Waals surface area (Å²) >= 11 is 0. The van der Waals surface area contributed by atoms with Crippen molar-refractivity contribution >= 4 is 6.16 Å². The number of hydrogen-bond acceptors (Lipinski definition) is 7. The maximum atomic E-state index is 13.1. The molecule has 0 saturated carbocycles. The Morgan fingerprint density at radius 1 is 0.477 bits per heavy atom. The van der Waals surface area contributed by atoms with Crippen LogP contribution in [-0.2, 0) is 29.0 Å². The highest BCUT2D eigenvalue weighted by Gasteiger charge is 2.32. The van der Waals surface area contributed by atoms with Crippen molar-refractivity contribution in [2.24, 2.45) is 10.8 Å².